The molecule has 2 heterocycles. The van der Waals surface area contributed by atoms with Crippen molar-refractivity contribution in [3.63, 3.8) is 0 Å². The maximum atomic E-state index is 12.6. The molecule has 0 aromatic carbocycles. The van der Waals surface area contributed by atoms with Crippen LogP contribution in [-0.2, 0) is 14.3 Å². The van der Waals surface area contributed by atoms with Crippen LogP contribution < -0.4 is 5.32 Å². The van der Waals surface area contributed by atoms with Crippen LogP contribution in [0.1, 0.15) is 105 Å². The first-order valence-corrected chi connectivity index (χ1v) is 16.2. The maximum absolute atomic E-state index is 12.6. The number of ether oxygens (including phenoxy) is 2. The first-order chi connectivity index (χ1) is 18.4. The van der Waals surface area contributed by atoms with E-state index in [1.54, 1.807) is 0 Å². The maximum Gasteiger partial charge on any atom is 0.234 e. The molecule has 5 nitrogen and oxygen atoms in total. The molecular weight excluding hydrogens is 484 g/mol. The fraction of sp³-hybridized carbons (Fsp3) is 0.912. The molecule has 2 aliphatic heterocycles. The van der Waals surface area contributed by atoms with E-state index in [2.05, 4.69) is 52.6 Å². The van der Waals surface area contributed by atoms with Gasteiger partial charge < -0.3 is 19.7 Å². The lowest BCUT2D eigenvalue weighted by molar-refractivity contribution is -0.271. The largest absolute Gasteiger partial charge is 0.352 e. The molecule has 5 aliphatic rings. The molecule has 0 unspecified atom stereocenters. The Hall–Kier alpha value is -0.910. The van der Waals surface area contributed by atoms with Gasteiger partial charge in [-0.15, -0.1) is 6.58 Å². The van der Waals surface area contributed by atoms with Crippen LogP contribution in [0.25, 0.3) is 0 Å². The molecule has 3 aliphatic carbocycles. The van der Waals surface area contributed by atoms with E-state index in [-0.39, 0.29) is 28.8 Å². The Morgan fingerprint density at radius 2 is 1.77 bits per heavy atom. The van der Waals surface area contributed by atoms with Gasteiger partial charge >= 0.3 is 0 Å². The molecule has 222 valence electrons. The zero-order valence-corrected chi connectivity index (χ0v) is 26.2. The van der Waals surface area contributed by atoms with Gasteiger partial charge in [0.15, 0.2) is 5.79 Å². The van der Waals surface area contributed by atoms with Crippen LogP contribution >= 0.6 is 0 Å². The fourth-order valence-electron chi connectivity index (χ4n) is 10.6. The molecule has 0 radical (unpaired) electrons. The molecule has 0 bridgehead atoms. The number of nitrogens with zero attached hydrogens (tertiary/aromatic N) is 1. The third kappa shape index (κ3) is 5.05. The fourth-order valence-corrected chi connectivity index (χ4v) is 10.6. The molecule has 1 amide bonds. The molecule has 5 fully saturated rings. The van der Waals surface area contributed by atoms with Crippen molar-refractivity contribution in [1.82, 2.24) is 10.2 Å². The normalized spacial score (nSPS) is 50.2. The zero-order valence-electron chi connectivity index (χ0n) is 26.2. The Morgan fingerprint density at radius 3 is 2.44 bits per heavy atom. The smallest absolute Gasteiger partial charge is 0.234 e. The average Bonchev–Trinajstić information content (AvgIpc) is 3.26. The molecule has 5 heteroatoms. The Balaban J connectivity index is 1.36. The molecule has 5 rings (SSSR count). The number of likely N-dealkylation sites (N-methyl/N-ethyl adjacent to an activating group) is 1. The monoisotopic (exact) mass is 542 g/mol. The van der Waals surface area contributed by atoms with Gasteiger partial charge in [-0.3, -0.25) is 4.79 Å². The highest BCUT2D eigenvalue weighted by Gasteiger charge is 2.73. The van der Waals surface area contributed by atoms with Gasteiger partial charge in [0.2, 0.25) is 5.91 Å². The first-order valence-electron chi connectivity index (χ1n) is 16.2. The quantitative estimate of drug-likeness (QED) is 0.396. The van der Waals surface area contributed by atoms with E-state index < -0.39 is 5.79 Å². The van der Waals surface area contributed by atoms with Crippen molar-refractivity contribution in [1.29, 1.82) is 0 Å². The van der Waals surface area contributed by atoms with Crippen molar-refractivity contribution in [2.24, 2.45) is 45.8 Å². The Bertz CT molecular complexity index is 912. The molecule has 1 N–H and O–H groups in total. The number of rotatable bonds is 4. The highest BCUT2D eigenvalue weighted by Crippen LogP contribution is 2.75. The first kappa shape index (κ1) is 29.6. The van der Waals surface area contributed by atoms with Crippen LogP contribution in [0.4, 0.5) is 0 Å². The molecule has 0 aromatic rings. The predicted molar refractivity (Wildman–Crippen MR) is 158 cm³/mol. The molecule has 39 heavy (non-hydrogen) atoms. The summed E-state index contributed by atoms with van der Waals surface area (Å²) >= 11 is 0. The van der Waals surface area contributed by atoms with Crippen LogP contribution in [0.5, 0.6) is 0 Å². The predicted octanol–water partition coefficient (Wildman–Crippen LogP) is 6.82. The minimum absolute atomic E-state index is 0.169. The Morgan fingerprint density at radius 1 is 1.00 bits per heavy atom. The van der Waals surface area contributed by atoms with Gasteiger partial charge in [-0.1, -0.05) is 53.5 Å². The van der Waals surface area contributed by atoms with Gasteiger partial charge in [0.25, 0.3) is 0 Å². The molecule has 0 aromatic heterocycles. The number of hydrogen-bond acceptors (Lipinski definition) is 4. The summed E-state index contributed by atoms with van der Waals surface area (Å²) in [5, 5.41) is 3.38. The molecular formula is C34H58N2O3. The van der Waals surface area contributed by atoms with Crippen LogP contribution in [0.2, 0.25) is 0 Å². The number of carbonyl (C=O) groups is 1. The summed E-state index contributed by atoms with van der Waals surface area (Å²) in [6.45, 7) is 18.3. The van der Waals surface area contributed by atoms with Crippen molar-refractivity contribution in [3.8, 4) is 0 Å². The number of nitrogens with one attached hydrogen (secondary N) is 1. The van der Waals surface area contributed by atoms with E-state index in [4.69, 9.17) is 9.47 Å². The SMILES string of the molecule is C=C[C@H]1[C@H]2[C@H](C[C@@]3(C)[C@@H]4CC[C@@H](C)C[C@H](NC(=O)CN(C)C)CCC[C@@]4(C)CC[C@]23C)O[C@]12CC[C@H](C)CO2. The van der Waals surface area contributed by atoms with Crippen molar-refractivity contribution >= 4 is 5.91 Å². The van der Waals surface area contributed by atoms with Gasteiger partial charge in [-0.2, -0.15) is 0 Å². The number of fused-ring (bicyclic) bond motifs is 5. The molecule has 2 saturated heterocycles. The number of carbonyl (C=O) groups excluding carboxylic acids is 1. The third-order valence-electron chi connectivity index (χ3n) is 12.7. The highest BCUT2D eigenvalue weighted by molar-refractivity contribution is 5.78. The summed E-state index contributed by atoms with van der Waals surface area (Å²) in [5.41, 5.74) is 0.853. The van der Waals surface area contributed by atoms with E-state index in [0.29, 0.717) is 41.7 Å². The summed E-state index contributed by atoms with van der Waals surface area (Å²) in [6, 6.07) is 0.305. The van der Waals surface area contributed by atoms with Crippen molar-refractivity contribution in [2.75, 3.05) is 27.2 Å². The second-order valence-electron chi connectivity index (χ2n) is 15.8. The van der Waals surface area contributed by atoms with Gasteiger partial charge in [-0.05, 0) is 99.5 Å². The van der Waals surface area contributed by atoms with E-state index in [0.717, 1.165) is 32.3 Å². The second-order valence-corrected chi connectivity index (χ2v) is 15.8. The lowest BCUT2D eigenvalue weighted by atomic mass is 9.43. The third-order valence-corrected chi connectivity index (χ3v) is 12.7. The minimum Gasteiger partial charge on any atom is -0.352 e. The standard InChI is InChI=1S/C34H58N2O3/c1-9-26-30-27(39-34(26)16-14-24(3)22-38-34)20-33(6)28-13-12-23(2)19-25(35-29(37)21-36(7)8)11-10-15-31(28,4)17-18-32(30,33)5/h9,23-28,30H,1,10-22H2,2-8H3,(H,35,37)/t23-,24+,25-,26+,27+,28-,30+,31+,32-,33+,34-/m1/s1. The van der Waals surface area contributed by atoms with Gasteiger partial charge in [0, 0.05) is 24.3 Å². The van der Waals surface area contributed by atoms with E-state index in [9.17, 15) is 4.79 Å². The summed E-state index contributed by atoms with van der Waals surface area (Å²) in [5.74, 6) is 2.46. The second kappa shape index (κ2) is 10.7. The van der Waals surface area contributed by atoms with Gasteiger partial charge in [0.05, 0.1) is 19.3 Å². The Labute approximate surface area is 239 Å². The van der Waals surface area contributed by atoms with Crippen LogP contribution in [-0.4, -0.2) is 56.0 Å². The summed E-state index contributed by atoms with van der Waals surface area (Å²) < 4.78 is 13.6. The minimum atomic E-state index is -0.439. The van der Waals surface area contributed by atoms with Crippen molar-refractivity contribution < 1.29 is 14.3 Å². The topological polar surface area (TPSA) is 50.8 Å². The average molecular weight is 543 g/mol. The highest BCUT2D eigenvalue weighted by atomic mass is 16.7. The van der Waals surface area contributed by atoms with E-state index in [1.165, 1.54) is 44.9 Å². The molecule has 11 atom stereocenters. The van der Waals surface area contributed by atoms with E-state index >= 15 is 0 Å². The Kier molecular flexibility index (Phi) is 8.14. The van der Waals surface area contributed by atoms with Crippen LogP contribution in [0.15, 0.2) is 12.7 Å². The number of hydrogen-bond donors (Lipinski definition) is 1. The lowest BCUT2D eigenvalue weighted by Crippen LogP contribution is -2.56. The van der Waals surface area contributed by atoms with Crippen molar-refractivity contribution in [2.45, 2.75) is 123 Å². The lowest BCUT2D eigenvalue weighted by Gasteiger charge is -2.61. The summed E-state index contributed by atoms with van der Waals surface area (Å²) in [6.07, 6.45) is 15.6. The van der Waals surface area contributed by atoms with Gasteiger partial charge in [0.1, 0.15) is 0 Å². The van der Waals surface area contributed by atoms with Gasteiger partial charge in [-0.25, -0.2) is 0 Å². The number of amides is 1. The summed E-state index contributed by atoms with van der Waals surface area (Å²) in [7, 11) is 3.94. The van der Waals surface area contributed by atoms with Crippen LogP contribution in [0.3, 0.4) is 0 Å². The zero-order chi connectivity index (χ0) is 28.2. The molecule has 3 saturated carbocycles. The van der Waals surface area contributed by atoms with E-state index in [1.807, 2.05) is 19.0 Å². The molecule has 1 spiro atoms. The summed E-state index contributed by atoms with van der Waals surface area (Å²) in [4.78, 5) is 14.5. The van der Waals surface area contributed by atoms with Crippen LogP contribution in [0, 0.1) is 45.8 Å². The van der Waals surface area contributed by atoms with Crippen molar-refractivity contribution in [3.05, 3.63) is 12.7 Å².